The molecule has 0 heterocycles. The molecule has 0 aromatic carbocycles. The highest BCUT2D eigenvalue weighted by Gasteiger charge is 2.31. The third kappa shape index (κ3) is 3.30. The molecule has 0 unspecified atom stereocenters. The zero-order chi connectivity index (χ0) is 10.7. The molecule has 1 aliphatic carbocycles. The SMILES string of the molecule is CC(=O)S[C@H]1C[C@H](C)CC[C@H]1C(C)C. The van der Waals surface area contributed by atoms with Gasteiger partial charge in [0.15, 0.2) is 5.12 Å². The molecule has 3 atom stereocenters. The molecule has 0 spiro atoms. The van der Waals surface area contributed by atoms with E-state index in [1.807, 2.05) is 0 Å². The second kappa shape index (κ2) is 5.20. The summed E-state index contributed by atoms with van der Waals surface area (Å²) in [5, 5.41) is 0.867. The van der Waals surface area contributed by atoms with E-state index in [0.717, 1.165) is 17.8 Å². The smallest absolute Gasteiger partial charge is 0.186 e. The Kier molecular flexibility index (Phi) is 4.49. The van der Waals surface area contributed by atoms with Gasteiger partial charge in [0.2, 0.25) is 0 Å². The maximum Gasteiger partial charge on any atom is 0.186 e. The number of hydrogen-bond acceptors (Lipinski definition) is 2. The van der Waals surface area contributed by atoms with E-state index in [1.165, 1.54) is 19.3 Å². The Bertz CT molecular complexity index is 200. The van der Waals surface area contributed by atoms with Crippen molar-refractivity contribution in [2.45, 2.75) is 52.2 Å². The lowest BCUT2D eigenvalue weighted by molar-refractivity contribution is -0.109. The van der Waals surface area contributed by atoms with Gasteiger partial charge < -0.3 is 0 Å². The van der Waals surface area contributed by atoms with E-state index in [0.29, 0.717) is 5.25 Å². The topological polar surface area (TPSA) is 17.1 Å². The maximum absolute atomic E-state index is 11.1. The maximum atomic E-state index is 11.1. The van der Waals surface area contributed by atoms with Crippen molar-refractivity contribution < 1.29 is 4.79 Å². The summed E-state index contributed by atoms with van der Waals surface area (Å²) in [6.45, 7) is 8.58. The van der Waals surface area contributed by atoms with Crippen LogP contribution in [0.15, 0.2) is 0 Å². The van der Waals surface area contributed by atoms with Gasteiger partial charge in [-0.1, -0.05) is 39.0 Å². The van der Waals surface area contributed by atoms with Crippen molar-refractivity contribution in [2.24, 2.45) is 17.8 Å². The number of thioether (sulfide) groups is 1. The molecule has 0 amide bonds. The summed E-state index contributed by atoms with van der Waals surface area (Å²) in [7, 11) is 0. The van der Waals surface area contributed by atoms with Gasteiger partial charge in [-0.05, 0) is 30.6 Å². The molecule has 1 nitrogen and oxygen atoms in total. The van der Waals surface area contributed by atoms with Crippen molar-refractivity contribution in [3.8, 4) is 0 Å². The Labute approximate surface area is 92.0 Å². The first-order valence-corrected chi connectivity index (χ1v) is 6.56. The molecule has 14 heavy (non-hydrogen) atoms. The van der Waals surface area contributed by atoms with Crippen LogP contribution < -0.4 is 0 Å². The molecule has 0 saturated heterocycles. The average Bonchev–Trinajstić information content (AvgIpc) is 2.01. The highest BCUT2D eigenvalue weighted by atomic mass is 32.2. The minimum absolute atomic E-state index is 0.287. The van der Waals surface area contributed by atoms with E-state index >= 15 is 0 Å². The van der Waals surface area contributed by atoms with Crippen LogP contribution in [0, 0.1) is 17.8 Å². The van der Waals surface area contributed by atoms with Crippen LogP contribution in [-0.2, 0) is 4.79 Å². The van der Waals surface area contributed by atoms with Crippen molar-refractivity contribution in [1.82, 2.24) is 0 Å². The fourth-order valence-electron chi connectivity index (χ4n) is 2.46. The minimum atomic E-state index is 0.287. The van der Waals surface area contributed by atoms with Crippen LogP contribution in [0.2, 0.25) is 0 Å². The van der Waals surface area contributed by atoms with Crippen molar-refractivity contribution in [1.29, 1.82) is 0 Å². The van der Waals surface area contributed by atoms with Gasteiger partial charge in [-0.15, -0.1) is 0 Å². The lowest BCUT2D eigenvalue weighted by atomic mass is 9.77. The number of rotatable bonds is 2. The Morgan fingerprint density at radius 1 is 1.36 bits per heavy atom. The van der Waals surface area contributed by atoms with Crippen LogP contribution in [-0.4, -0.2) is 10.4 Å². The first kappa shape index (κ1) is 12.1. The molecule has 1 aliphatic rings. The Morgan fingerprint density at radius 2 is 2.00 bits per heavy atom. The summed E-state index contributed by atoms with van der Waals surface area (Å²) in [5.41, 5.74) is 0. The van der Waals surface area contributed by atoms with Gasteiger partial charge in [0.25, 0.3) is 0 Å². The summed E-state index contributed by atoms with van der Waals surface area (Å²) < 4.78 is 0. The van der Waals surface area contributed by atoms with Gasteiger partial charge in [0.05, 0.1) is 0 Å². The van der Waals surface area contributed by atoms with Gasteiger partial charge in [0.1, 0.15) is 0 Å². The van der Waals surface area contributed by atoms with Gasteiger partial charge in [-0.3, -0.25) is 4.79 Å². The lowest BCUT2D eigenvalue weighted by Gasteiger charge is -2.36. The standard InChI is InChI=1S/C12H22OS/c1-8(2)11-6-5-9(3)7-12(11)14-10(4)13/h8-9,11-12H,5-7H2,1-4H3/t9-,11+,12+/m1/s1. The molecule has 0 bridgehead atoms. The Balaban J connectivity index is 2.58. The zero-order valence-electron chi connectivity index (χ0n) is 9.75. The molecule has 1 fully saturated rings. The molecular weight excluding hydrogens is 192 g/mol. The third-order valence-corrected chi connectivity index (χ3v) is 4.46. The highest BCUT2D eigenvalue weighted by molar-refractivity contribution is 8.14. The lowest BCUT2D eigenvalue weighted by Crippen LogP contribution is -2.30. The van der Waals surface area contributed by atoms with E-state index in [9.17, 15) is 4.79 Å². The van der Waals surface area contributed by atoms with E-state index < -0.39 is 0 Å². The van der Waals surface area contributed by atoms with Crippen LogP contribution in [0.4, 0.5) is 0 Å². The van der Waals surface area contributed by atoms with Crippen LogP contribution in [0.3, 0.4) is 0 Å². The number of hydrogen-bond donors (Lipinski definition) is 0. The van der Waals surface area contributed by atoms with Crippen molar-refractivity contribution >= 4 is 16.9 Å². The van der Waals surface area contributed by atoms with Gasteiger partial charge in [-0.25, -0.2) is 0 Å². The quantitative estimate of drug-likeness (QED) is 0.697. The molecule has 0 radical (unpaired) electrons. The number of carbonyl (C=O) groups excluding carboxylic acids is 1. The van der Waals surface area contributed by atoms with E-state index in [-0.39, 0.29) is 5.12 Å². The third-order valence-electron chi connectivity index (χ3n) is 3.28. The molecule has 0 N–H and O–H groups in total. The van der Waals surface area contributed by atoms with E-state index in [2.05, 4.69) is 20.8 Å². The second-order valence-corrected chi connectivity index (χ2v) is 6.39. The van der Waals surface area contributed by atoms with E-state index in [4.69, 9.17) is 0 Å². The molecular formula is C12H22OS. The first-order valence-electron chi connectivity index (χ1n) is 5.68. The van der Waals surface area contributed by atoms with Crippen LogP contribution >= 0.6 is 11.8 Å². The van der Waals surface area contributed by atoms with Gasteiger partial charge >= 0.3 is 0 Å². The fourth-order valence-corrected chi connectivity index (χ4v) is 3.94. The molecule has 1 saturated carbocycles. The van der Waals surface area contributed by atoms with E-state index in [1.54, 1.807) is 18.7 Å². The zero-order valence-corrected chi connectivity index (χ0v) is 10.6. The van der Waals surface area contributed by atoms with Crippen molar-refractivity contribution in [3.05, 3.63) is 0 Å². The molecule has 0 aromatic heterocycles. The first-order chi connectivity index (χ1) is 6.50. The van der Waals surface area contributed by atoms with Gasteiger partial charge in [-0.2, -0.15) is 0 Å². The monoisotopic (exact) mass is 214 g/mol. The molecule has 82 valence electrons. The van der Waals surface area contributed by atoms with Crippen LogP contribution in [0.25, 0.3) is 0 Å². The summed E-state index contributed by atoms with van der Waals surface area (Å²) in [6.07, 6.45) is 3.88. The largest absolute Gasteiger partial charge is 0.288 e. The summed E-state index contributed by atoms with van der Waals surface area (Å²) in [4.78, 5) is 11.1. The molecule has 0 aromatic rings. The van der Waals surface area contributed by atoms with Crippen molar-refractivity contribution in [2.75, 3.05) is 0 Å². The van der Waals surface area contributed by atoms with Crippen LogP contribution in [0.5, 0.6) is 0 Å². The Morgan fingerprint density at radius 3 is 2.50 bits per heavy atom. The normalized spacial score (nSPS) is 33.4. The van der Waals surface area contributed by atoms with Gasteiger partial charge in [0, 0.05) is 12.2 Å². The summed E-state index contributed by atoms with van der Waals surface area (Å²) >= 11 is 1.58. The second-order valence-electron chi connectivity index (χ2n) is 4.97. The molecule has 2 heteroatoms. The minimum Gasteiger partial charge on any atom is -0.288 e. The summed E-state index contributed by atoms with van der Waals surface area (Å²) in [5.74, 6) is 2.28. The fraction of sp³-hybridized carbons (Fsp3) is 0.917. The van der Waals surface area contributed by atoms with Crippen molar-refractivity contribution in [3.63, 3.8) is 0 Å². The molecule has 1 rings (SSSR count). The molecule has 0 aliphatic heterocycles. The average molecular weight is 214 g/mol. The predicted molar refractivity (Wildman–Crippen MR) is 63.4 cm³/mol. The summed E-state index contributed by atoms with van der Waals surface area (Å²) in [6, 6.07) is 0. The predicted octanol–water partition coefficient (Wildman–Crippen LogP) is 3.73. The highest BCUT2D eigenvalue weighted by Crippen LogP contribution is 2.40. The Hall–Kier alpha value is 0.0200. The van der Waals surface area contributed by atoms with Crippen LogP contribution in [0.1, 0.15) is 47.0 Å². The number of carbonyl (C=O) groups is 1.